The number of nitrogens with two attached hydrogens (primary N) is 1. The highest BCUT2D eigenvalue weighted by Gasteiger charge is 2.50. The number of halogens is 4. The molecule has 2 aromatic heterocycles. The molecule has 1 aliphatic rings. The van der Waals surface area contributed by atoms with Gasteiger partial charge in [-0.3, -0.25) is 14.8 Å². The lowest BCUT2D eigenvalue weighted by Gasteiger charge is -2.35. The molecule has 0 amide bonds. The summed E-state index contributed by atoms with van der Waals surface area (Å²) in [6, 6.07) is 7.08. The largest absolute Gasteiger partial charge is 0.452 e. The van der Waals surface area contributed by atoms with Crippen LogP contribution in [0.4, 0.5) is 13.2 Å². The molecule has 2 aromatic rings. The van der Waals surface area contributed by atoms with E-state index in [0.717, 1.165) is 0 Å². The molecule has 0 saturated heterocycles. The molecule has 0 aliphatic carbocycles. The zero-order valence-corrected chi connectivity index (χ0v) is 16.3. The molecule has 2 atom stereocenters. The van der Waals surface area contributed by atoms with E-state index in [0.29, 0.717) is 5.56 Å². The Balaban J connectivity index is 1.90. The summed E-state index contributed by atoms with van der Waals surface area (Å²) in [5.74, 6) is -0.381. The summed E-state index contributed by atoms with van der Waals surface area (Å²) in [7, 11) is 0. The summed E-state index contributed by atoms with van der Waals surface area (Å²) < 4.78 is 44.2. The van der Waals surface area contributed by atoms with Crippen LogP contribution >= 0.6 is 11.6 Å². The number of aromatic nitrogens is 2. The van der Waals surface area contributed by atoms with Crippen LogP contribution in [0, 0.1) is 11.3 Å². The molecule has 3 heterocycles. The van der Waals surface area contributed by atoms with Gasteiger partial charge in [-0.05, 0) is 31.2 Å². The second-order valence-corrected chi connectivity index (χ2v) is 7.26. The van der Waals surface area contributed by atoms with Crippen LogP contribution in [-0.2, 0) is 16.7 Å². The van der Waals surface area contributed by atoms with Crippen LogP contribution in [0.5, 0.6) is 0 Å². The van der Waals surface area contributed by atoms with Crippen molar-refractivity contribution in [3.05, 3.63) is 58.1 Å². The Kier molecular flexibility index (Phi) is 5.67. The number of rotatable bonds is 4. The molecule has 0 spiro atoms. The van der Waals surface area contributed by atoms with Crippen molar-refractivity contribution in [3.8, 4) is 6.07 Å². The number of amidine groups is 1. The Hall–Kier alpha value is -3.19. The summed E-state index contributed by atoms with van der Waals surface area (Å²) >= 11 is 6.19. The van der Waals surface area contributed by atoms with Gasteiger partial charge in [0.25, 0.3) is 6.02 Å². The van der Waals surface area contributed by atoms with E-state index in [2.05, 4.69) is 19.7 Å². The number of pyridine rings is 2. The maximum absolute atomic E-state index is 13.2. The third kappa shape index (κ3) is 4.52. The molecule has 30 heavy (non-hydrogen) atoms. The molecule has 0 saturated carbocycles. The van der Waals surface area contributed by atoms with Crippen LogP contribution in [0.1, 0.15) is 40.8 Å². The van der Waals surface area contributed by atoms with E-state index in [9.17, 15) is 18.0 Å². The second-order valence-electron chi connectivity index (χ2n) is 6.85. The first-order valence-electron chi connectivity index (χ1n) is 8.66. The Morgan fingerprint density at radius 2 is 2.13 bits per heavy atom. The van der Waals surface area contributed by atoms with Crippen molar-refractivity contribution in [1.82, 2.24) is 9.97 Å². The van der Waals surface area contributed by atoms with Gasteiger partial charge < -0.3 is 10.5 Å². The van der Waals surface area contributed by atoms with E-state index in [-0.39, 0.29) is 34.3 Å². The Bertz CT molecular complexity index is 1050. The molecule has 0 bridgehead atoms. The fourth-order valence-electron chi connectivity index (χ4n) is 3.03. The predicted octanol–water partition coefficient (Wildman–Crippen LogP) is 3.31. The van der Waals surface area contributed by atoms with Gasteiger partial charge >= 0.3 is 6.18 Å². The van der Waals surface area contributed by atoms with Crippen molar-refractivity contribution in [2.24, 2.45) is 10.7 Å². The van der Waals surface area contributed by atoms with Crippen molar-refractivity contribution in [2.45, 2.75) is 37.6 Å². The third-order valence-electron chi connectivity index (χ3n) is 4.50. The summed E-state index contributed by atoms with van der Waals surface area (Å²) in [6.07, 6.45) is -6.28. The monoisotopic (exact) mass is 437 g/mol. The van der Waals surface area contributed by atoms with Crippen LogP contribution in [0.2, 0.25) is 5.02 Å². The first-order valence-corrected chi connectivity index (χ1v) is 9.03. The summed E-state index contributed by atoms with van der Waals surface area (Å²) in [6.45, 7) is 1.42. The third-order valence-corrected chi connectivity index (χ3v) is 4.81. The topological polar surface area (TPSA) is 114 Å². The molecule has 11 heteroatoms. The number of nitriles is 1. The minimum absolute atomic E-state index is 0.0581. The van der Waals surface area contributed by atoms with Crippen molar-refractivity contribution >= 4 is 23.4 Å². The Morgan fingerprint density at radius 1 is 1.40 bits per heavy atom. The number of aliphatic imine (C=N–C) groups is 1. The van der Waals surface area contributed by atoms with Gasteiger partial charge in [0.15, 0.2) is 11.9 Å². The van der Waals surface area contributed by atoms with Crippen LogP contribution in [0.15, 0.2) is 35.5 Å². The summed E-state index contributed by atoms with van der Waals surface area (Å²) in [5, 5.41) is 8.89. The molecule has 0 radical (unpaired) electrons. The average molecular weight is 438 g/mol. The number of nitrogens with zero attached hydrogens (tertiary/aromatic N) is 4. The van der Waals surface area contributed by atoms with Crippen LogP contribution in [-0.4, -0.2) is 34.1 Å². The molecule has 0 unspecified atom stereocenters. The van der Waals surface area contributed by atoms with Gasteiger partial charge in [0, 0.05) is 18.3 Å². The van der Waals surface area contributed by atoms with E-state index in [1.807, 2.05) is 6.07 Å². The molecule has 0 aromatic carbocycles. The zero-order valence-electron chi connectivity index (χ0n) is 15.6. The van der Waals surface area contributed by atoms with E-state index < -0.39 is 30.3 Å². The highest BCUT2D eigenvalue weighted by atomic mass is 35.5. The smallest absolute Gasteiger partial charge is 0.425 e. The molecular formula is C19H15ClF3N5O2. The van der Waals surface area contributed by atoms with Crippen molar-refractivity contribution in [1.29, 1.82) is 5.26 Å². The number of ether oxygens (including phenoxy) is 1. The van der Waals surface area contributed by atoms with Crippen LogP contribution in [0.25, 0.3) is 0 Å². The number of ketones is 1. The number of hydrogen-bond acceptors (Lipinski definition) is 7. The second kappa shape index (κ2) is 7.91. The van der Waals surface area contributed by atoms with E-state index in [1.165, 1.54) is 37.4 Å². The van der Waals surface area contributed by atoms with Crippen LogP contribution < -0.4 is 5.73 Å². The van der Waals surface area contributed by atoms with E-state index in [1.54, 1.807) is 0 Å². The lowest BCUT2D eigenvalue weighted by atomic mass is 9.89. The number of alkyl halides is 3. The Morgan fingerprint density at radius 3 is 2.73 bits per heavy atom. The van der Waals surface area contributed by atoms with Crippen molar-refractivity contribution in [3.63, 3.8) is 0 Å². The van der Waals surface area contributed by atoms with Gasteiger partial charge in [-0.2, -0.15) is 18.4 Å². The standard InChI is InChI=1S/C19H15ClF3N5O2/c1-18(7-15(19(21,22)23)30-17(25)28-18)16-12(20)4-3-11(27-16)6-14(29)13-5-2-10(8-24)9-26-13/h2-5,9,15H,6-7H2,1H3,(H2,25,28)/t15-,18-/m0/s1. The fourth-order valence-corrected chi connectivity index (χ4v) is 3.34. The van der Waals surface area contributed by atoms with Crippen molar-refractivity contribution < 1.29 is 22.7 Å². The molecule has 156 valence electrons. The molecular weight excluding hydrogens is 423 g/mol. The number of hydrogen-bond donors (Lipinski definition) is 1. The number of carbonyl (C=O) groups excluding carboxylic acids is 1. The van der Waals surface area contributed by atoms with E-state index in [4.69, 9.17) is 22.6 Å². The summed E-state index contributed by atoms with van der Waals surface area (Å²) in [4.78, 5) is 24.7. The molecule has 0 fully saturated rings. The zero-order chi connectivity index (χ0) is 22.1. The highest BCUT2D eigenvalue weighted by molar-refractivity contribution is 6.31. The quantitative estimate of drug-likeness (QED) is 0.734. The molecule has 7 nitrogen and oxygen atoms in total. The Labute approximate surface area is 174 Å². The molecule has 3 rings (SSSR count). The van der Waals surface area contributed by atoms with Gasteiger partial charge in [0.05, 0.1) is 22.7 Å². The number of Topliss-reactive ketones (excluding diaryl/α,β-unsaturated/α-hetero) is 1. The molecule has 2 N–H and O–H groups in total. The molecule has 1 aliphatic heterocycles. The van der Waals surface area contributed by atoms with Gasteiger partial charge in [0.1, 0.15) is 17.3 Å². The maximum atomic E-state index is 13.2. The number of carbonyl (C=O) groups is 1. The van der Waals surface area contributed by atoms with Gasteiger partial charge in [-0.1, -0.05) is 11.6 Å². The van der Waals surface area contributed by atoms with E-state index >= 15 is 0 Å². The van der Waals surface area contributed by atoms with Gasteiger partial charge in [0.2, 0.25) is 0 Å². The average Bonchev–Trinajstić information content (AvgIpc) is 2.68. The highest BCUT2D eigenvalue weighted by Crippen LogP contribution is 2.41. The lowest BCUT2D eigenvalue weighted by Crippen LogP contribution is -2.46. The fraction of sp³-hybridized carbons (Fsp3) is 0.316. The van der Waals surface area contributed by atoms with Gasteiger partial charge in [-0.15, -0.1) is 0 Å². The predicted molar refractivity (Wildman–Crippen MR) is 101 cm³/mol. The normalized spacial score (nSPS) is 21.3. The van der Waals surface area contributed by atoms with Crippen molar-refractivity contribution in [2.75, 3.05) is 0 Å². The maximum Gasteiger partial charge on any atom is 0.425 e. The first kappa shape index (κ1) is 21.5. The minimum atomic E-state index is -4.65. The first-order chi connectivity index (χ1) is 14.0. The minimum Gasteiger partial charge on any atom is -0.452 e. The van der Waals surface area contributed by atoms with Crippen LogP contribution in [0.3, 0.4) is 0 Å². The van der Waals surface area contributed by atoms with Gasteiger partial charge in [-0.25, -0.2) is 4.99 Å². The SMILES string of the molecule is C[C@@]1(c2nc(CC(=O)c3ccc(C#N)cn3)ccc2Cl)C[C@@H](C(F)(F)F)OC(N)=N1. The summed E-state index contributed by atoms with van der Waals surface area (Å²) in [5.41, 5.74) is 4.75. The lowest BCUT2D eigenvalue weighted by molar-refractivity contribution is -0.208.